The minimum absolute atomic E-state index is 0.0735. The van der Waals surface area contributed by atoms with Crippen LogP contribution in [0.15, 0.2) is 24.3 Å². The van der Waals surface area contributed by atoms with Gasteiger partial charge in [0.25, 0.3) is 0 Å². The van der Waals surface area contributed by atoms with Crippen molar-refractivity contribution in [2.24, 2.45) is 0 Å². The number of benzene rings is 1. The second kappa shape index (κ2) is 6.53. The van der Waals surface area contributed by atoms with Gasteiger partial charge in [0.2, 0.25) is 10.0 Å². The van der Waals surface area contributed by atoms with Crippen LogP contribution >= 0.6 is 0 Å². The fourth-order valence-electron chi connectivity index (χ4n) is 1.57. The summed E-state index contributed by atoms with van der Waals surface area (Å²) >= 11 is 0. The summed E-state index contributed by atoms with van der Waals surface area (Å²) in [5.74, 6) is 0.164. The molecule has 0 aliphatic rings. The van der Waals surface area contributed by atoms with Crippen LogP contribution in [-0.2, 0) is 19.6 Å². The molecule has 1 aromatic rings. The second-order valence-corrected chi connectivity index (χ2v) is 5.78. The standard InChI is InChI=1S/C12H17NO5S/c1-17-10-6-4-9(5-7-10)11(8-12(14)18-2)13-19(3,15)16/h4-7,11,13H,8H2,1-3H3. The maximum Gasteiger partial charge on any atom is 0.307 e. The average molecular weight is 287 g/mol. The van der Waals surface area contributed by atoms with Crippen molar-refractivity contribution in [3.63, 3.8) is 0 Å². The number of carbonyl (C=O) groups excluding carboxylic acids is 1. The predicted molar refractivity (Wildman–Crippen MR) is 70.3 cm³/mol. The van der Waals surface area contributed by atoms with Crippen molar-refractivity contribution in [3.8, 4) is 5.75 Å². The van der Waals surface area contributed by atoms with Crippen LogP contribution in [0.3, 0.4) is 0 Å². The maximum absolute atomic E-state index is 11.3. The summed E-state index contributed by atoms with van der Waals surface area (Å²) in [5.41, 5.74) is 0.664. The lowest BCUT2D eigenvalue weighted by molar-refractivity contribution is -0.141. The second-order valence-electron chi connectivity index (χ2n) is 4.00. The van der Waals surface area contributed by atoms with E-state index in [1.807, 2.05) is 0 Å². The molecule has 0 aliphatic heterocycles. The van der Waals surface area contributed by atoms with E-state index in [0.29, 0.717) is 11.3 Å². The Hall–Kier alpha value is -1.60. The van der Waals surface area contributed by atoms with E-state index in [9.17, 15) is 13.2 Å². The SMILES string of the molecule is COC(=O)CC(NS(C)(=O)=O)c1ccc(OC)cc1. The molecule has 19 heavy (non-hydrogen) atoms. The lowest BCUT2D eigenvalue weighted by atomic mass is 10.0. The molecule has 0 spiro atoms. The first kappa shape index (κ1) is 15.5. The minimum atomic E-state index is -3.43. The van der Waals surface area contributed by atoms with Crippen LogP contribution in [0.5, 0.6) is 5.75 Å². The Balaban J connectivity index is 2.96. The highest BCUT2D eigenvalue weighted by molar-refractivity contribution is 7.88. The van der Waals surface area contributed by atoms with Gasteiger partial charge in [-0.2, -0.15) is 0 Å². The van der Waals surface area contributed by atoms with Crippen molar-refractivity contribution in [1.82, 2.24) is 4.72 Å². The molecule has 1 rings (SSSR count). The lowest BCUT2D eigenvalue weighted by Crippen LogP contribution is -2.29. The molecule has 1 aromatic carbocycles. The molecular formula is C12H17NO5S. The predicted octanol–water partition coefficient (Wildman–Crippen LogP) is 0.849. The molecule has 7 heteroatoms. The maximum atomic E-state index is 11.3. The van der Waals surface area contributed by atoms with E-state index < -0.39 is 22.0 Å². The number of sulfonamides is 1. The van der Waals surface area contributed by atoms with E-state index in [-0.39, 0.29) is 6.42 Å². The number of carbonyl (C=O) groups is 1. The Morgan fingerprint density at radius 2 is 1.84 bits per heavy atom. The fourth-order valence-corrected chi connectivity index (χ4v) is 2.31. The van der Waals surface area contributed by atoms with Crippen molar-refractivity contribution in [2.45, 2.75) is 12.5 Å². The van der Waals surface area contributed by atoms with Gasteiger partial charge in [0.1, 0.15) is 5.75 Å². The first-order valence-electron chi connectivity index (χ1n) is 5.54. The third kappa shape index (κ3) is 5.27. The van der Waals surface area contributed by atoms with E-state index in [1.165, 1.54) is 14.2 Å². The molecule has 1 atom stereocenters. The van der Waals surface area contributed by atoms with E-state index in [4.69, 9.17) is 4.74 Å². The normalized spacial score (nSPS) is 12.8. The molecular weight excluding hydrogens is 270 g/mol. The van der Waals surface area contributed by atoms with Gasteiger partial charge in [-0.05, 0) is 17.7 Å². The molecule has 0 saturated heterocycles. The molecule has 0 heterocycles. The zero-order chi connectivity index (χ0) is 14.5. The van der Waals surface area contributed by atoms with Gasteiger partial charge < -0.3 is 9.47 Å². The number of esters is 1. The van der Waals surface area contributed by atoms with Gasteiger partial charge in [0.15, 0.2) is 0 Å². The third-order valence-corrected chi connectivity index (χ3v) is 3.19. The van der Waals surface area contributed by atoms with Gasteiger partial charge in [-0.15, -0.1) is 0 Å². The van der Waals surface area contributed by atoms with Crippen molar-refractivity contribution in [3.05, 3.63) is 29.8 Å². The molecule has 1 unspecified atom stereocenters. The summed E-state index contributed by atoms with van der Waals surface area (Å²) in [6.07, 6.45) is 0.969. The molecule has 106 valence electrons. The quantitative estimate of drug-likeness (QED) is 0.784. The van der Waals surface area contributed by atoms with Crippen molar-refractivity contribution < 1.29 is 22.7 Å². The van der Waals surface area contributed by atoms with Crippen LogP contribution in [0.4, 0.5) is 0 Å². The summed E-state index contributed by atoms with van der Waals surface area (Å²) in [6, 6.07) is 6.14. The van der Waals surface area contributed by atoms with E-state index >= 15 is 0 Å². The third-order valence-electron chi connectivity index (χ3n) is 2.47. The Morgan fingerprint density at radius 3 is 2.26 bits per heavy atom. The van der Waals surface area contributed by atoms with Crippen LogP contribution in [0.1, 0.15) is 18.0 Å². The smallest absolute Gasteiger partial charge is 0.307 e. The number of methoxy groups -OCH3 is 2. The topological polar surface area (TPSA) is 81.7 Å². The van der Waals surface area contributed by atoms with Gasteiger partial charge in [-0.3, -0.25) is 4.79 Å². The van der Waals surface area contributed by atoms with Gasteiger partial charge in [0.05, 0.1) is 32.9 Å². The summed E-state index contributed by atoms with van der Waals surface area (Å²) < 4.78 is 34.6. The van der Waals surface area contributed by atoms with Crippen molar-refractivity contribution in [2.75, 3.05) is 20.5 Å². The summed E-state index contributed by atoms with van der Waals surface area (Å²) in [6.45, 7) is 0. The van der Waals surface area contributed by atoms with Crippen LogP contribution in [0, 0.1) is 0 Å². The van der Waals surface area contributed by atoms with Gasteiger partial charge in [-0.25, -0.2) is 13.1 Å². The number of nitrogens with one attached hydrogen (secondary N) is 1. The molecule has 0 aliphatic carbocycles. The number of hydrogen-bond donors (Lipinski definition) is 1. The summed E-state index contributed by atoms with van der Waals surface area (Å²) in [7, 11) is -0.635. The monoisotopic (exact) mass is 287 g/mol. The number of hydrogen-bond acceptors (Lipinski definition) is 5. The van der Waals surface area contributed by atoms with Gasteiger partial charge >= 0.3 is 5.97 Å². The molecule has 0 aromatic heterocycles. The molecule has 0 amide bonds. The molecule has 0 fully saturated rings. The first-order valence-corrected chi connectivity index (χ1v) is 7.43. The largest absolute Gasteiger partial charge is 0.497 e. The molecule has 0 saturated carbocycles. The Kier molecular flexibility index (Phi) is 5.31. The minimum Gasteiger partial charge on any atom is -0.497 e. The first-order chi connectivity index (χ1) is 8.85. The van der Waals surface area contributed by atoms with Crippen LogP contribution in [0.25, 0.3) is 0 Å². The van der Waals surface area contributed by atoms with Crippen molar-refractivity contribution in [1.29, 1.82) is 0 Å². The Labute approximate surface area is 112 Å². The van der Waals surface area contributed by atoms with Crippen LogP contribution < -0.4 is 9.46 Å². The van der Waals surface area contributed by atoms with Crippen LogP contribution in [-0.4, -0.2) is 34.9 Å². The Bertz CT molecular complexity index is 524. The number of ether oxygens (including phenoxy) is 2. The van der Waals surface area contributed by atoms with Gasteiger partial charge in [0, 0.05) is 0 Å². The average Bonchev–Trinajstić information content (AvgIpc) is 2.36. The highest BCUT2D eigenvalue weighted by atomic mass is 32.2. The van der Waals surface area contributed by atoms with E-state index in [1.54, 1.807) is 24.3 Å². The fraction of sp³-hybridized carbons (Fsp3) is 0.417. The van der Waals surface area contributed by atoms with Gasteiger partial charge in [-0.1, -0.05) is 12.1 Å². The van der Waals surface area contributed by atoms with E-state index in [0.717, 1.165) is 6.26 Å². The van der Waals surface area contributed by atoms with Crippen LogP contribution in [0.2, 0.25) is 0 Å². The molecule has 6 nitrogen and oxygen atoms in total. The zero-order valence-electron chi connectivity index (χ0n) is 11.0. The lowest BCUT2D eigenvalue weighted by Gasteiger charge is -2.17. The Morgan fingerprint density at radius 1 is 1.26 bits per heavy atom. The van der Waals surface area contributed by atoms with E-state index in [2.05, 4.69) is 9.46 Å². The highest BCUT2D eigenvalue weighted by Gasteiger charge is 2.20. The van der Waals surface area contributed by atoms with Crippen molar-refractivity contribution >= 4 is 16.0 Å². The zero-order valence-corrected chi connectivity index (χ0v) is 11.9. The summed E-state index contributed by atoms with van der Waals surface area (Å²) in [5, 5.41) is 0. The highest BCUT2D eigenvalue weighted by Crippen LogP contribution is 2.21. The molecule has 0 bridgehead atoms. The molecule has 1 N–H and O–H groups in total. The summed E-state index contributed by atoms with van der Waals surface area (Å²) in [4.78, 5) is 11.3. The molecule has 0 radical (unpaired) electrons. The number of rotatable bonds is 6.